The van der Waals surface area contributed by atoms with Gasteiger partial charge < -0.3 is 20.8 Å². The average molecular weight is 801 g/mol. The molecular formula is C48H68N2O8. The largest absolute Gasteiger partial charge is 0.385 e. The minimum absolute atomic E-state index is 0.00799. The summed E-state index contributed by atoms with van der Waals surface area (Å²) in [7, 11) is 0. The Bertz CT molecular complexity index is 1850. The molecule has 6 aliphatic rings. The number of carbonyl (C=O) groups is 6. The lowest BCUT2D eigenvalue weighted by Crippen LogP contribution is -2.61. The molecule has 2 fully saturated rings. The first-order chi connectivity index (χ1) is 27.2. The van der Waals surface area contributed by atoms with Gasteiger partial charge in [-0.2, -0.15) is 0 Å². The van der Waals surface area contributed by atoms with Crippen molar-refractivity contribution in [1.29, 1.82) is 0 Å². The van der Waals surface area contributed by atoms with Crippen molar-refractivity contribution in [3.63, 3.8) is 0 Å². The van der Waals surface area contributed by atoms with Gasteiger partial charge in [-0.3, -0.25) is 28.8 Å². The normalized spacial score (nSPS) is 41.5. The van der Waals surface area contributed by atoms with Crippen LogP contribution in [-0.2, 0) is 28.8 Å². The Balaban J connectivity index is 1.67. The van der Waals surface area contributed by atoms with Gasteiger partial charge in [0.1, 0.15) is 23.0 Å². The zero-order chi connectivity index (χ0) is 42.8. The third kappa shape index (κ3) is 7.16. The molecule has 0 bridgehead atoms. The number of nitrogens with one attached hydrogen (secondary N) is 2. The highest BCUT2D eigenvalue weighted by Crippen LogP contribution is 2.60. The van der Waals surface area contributed by atoms with Crippen molar-refractivity contribution < 1.29 is 39.0 Å². The maximum atomic E-state index is 16.3. The number of Topliss-reactive ketones (excluding diaryl/α,β-unsaturated/α-hetero) is 4. The molecule has 0 aromatic rings. The van der Waals surface area contributed by atoms with Gasteiger partial charge >= 0.3 is 0 Å². The van der Waals surface area contributed by atoms with Crippen molar-refractivity contribution in [2.24, 2.45) is 70.0 Å². The Labute approximate surface area is 345 Å². The lowest BCUT2D eigenvalue weighted by atomic mass is 9.49. The van der Waals surface area contributed by atoms with E-state index in [9.17, 15) is 15.0 Å². The molecule has 4 aliphatic carbocycles. The van der Waals surface area contributed by atoms with Gasteiger partial charge in [-0.25, -0.2) is 0 Å². The Morgan fingerprint density at radius 3 is 1.60 bits per heavy atom. The molecule has 6 rings (SSSR count). The van der Waals surface area contributed by atoms with E-state index in [0.29, 0.717) is 32.1 Å². The molecule has 58 heavy (non-hydrogen) atoms. The highest BCUT2D eigenvalue weighted by Gasteiger charge is 2.71. The van der Waals surface area contributed by atoms with E-state index in [4.69, 9.17) is 0 Å². The van der Waals surface area contributed by atoms with Crippen molar-refractivity contribution in [2.75, 3.05) is 0 Å². The van der Waals surface area contributed by atoms with E-state index in [0.717, 1.165) is 22.3 Å². The van der Waals surface area contributed by atoms with Crippen LogP contribution in [0.1, 0.15) is 121 Å². The fourth-order valence-corrected chi connectivity index (χ4v) is 12.3. The standard InChI is InChI=1S/C48H68N2O8/c1-23(2)16-34-40-29(9)27(7)20-31-19-26(6)14-15-36(51)38(53)22-33(43(55)47(31,40)45(57)49-34)39-42(54)37(52)13-11-12-25(5)18-32-21-28(8)30(10)41-35(17-24(3)4)50-46(58)48(32,41)44(39)56/h18-21,23-24,29-37,39-41,51-52H,11-17,22H2,1-10H3,(H,49,57)(H,50,58)/t29-,30-,31+,32+,33+,34+,35+,36-,37-,39-,40+,41+,47+,48+/m1/s1. The number of carbonyl (C=O) groups excluding carboxylic acids is 6. The number of allylic oxidation sites excluding steroid dienone is 8. The number of amides is 2. The third-order valence-corrected chi connectivity index (χ3v) is 15.3. The van der Waals surface area contributed by atoms with Gasteiger partial charge in [0.2, 0.25) is 11.8 Å². The molecule has 2 spiro atoms. The van der Waals surface area contributed by atoms with E-state index >= 15 is 24.0 Å². The van der Waals surface area contributed by atoms with Crippen LogP contribution in [0.4, 0.5) is 0 Å². The quantitative estimate of drug-likeness (QED) is 0.189. The van der Waals surface area contributed by atoms with E-state index in [-0.39, 0.29) is 36.5 Å². The molecule has 4 N–H and O–H groups in total. The Morgan fingerprint density at radius 2 is 1.12 bits per heavy atom. The van der Waals surface area contributed by atoms with Crippen LogP contribution in [0.5, 0.6) is 0 Å². The number of hydrogen-bond donors (Lipinski definition) is 4. The topological polar surface area (TPSA) is 167 Å². The van der Waals surface area contributed by atoms with Gasteiger partial charge in [0.25, 0.3) is 0 Å². The van der Waals surface area contributed by atoms with E-state index in [1.807, 2.05) is 65.8 Å². The van der Waals surface area contributed by atoms with E-state index < -0.39 is 112 Å². The second-order valence-corrected chi connectivity index (χ2v) is 20.0. The summed E-state index contributed by atoms with van der Waals surface area (Å²) < 4.78 is 0. The highest BCUT2D eigenvalue weighted by molar-refractivity contribution is 6.21. The summed E-state index contributed by atoms with van der Waals surface area (Å²) in [6.45, 7) is 20.0. The van der Waals surface area contributed by atoms with Crippen molar-refractivity contribution in [3.8, 4) is 0 Å². The molecule has 14 atom stereocenters. The second-order valence-electron chi connectivity index (χ2n) is 20.0. The fraction of sp³-hybridized carbons (Fsp3) is 0.708. The van der Waals surface area contributed by atoms with E-state index in [1.54, 1.807) is 0 Å². The molecule has 2 amide bonds. The van der Waals surface area contributed by atoms with Crippen molar-refractivity contribution in [1.82, 2.24) is 10.6 Å². The molecule has 0 radical (unpaired) electrons. The van der Waals surface area contributed by atoms with Gasteiger partial charge in [-0.1, -0.05) is 88.1 Å². The highest BCUT2D eigenvalue weighted by atomic mass is 16.3. The number of hydrogen-bond acceptors (Lipinski definition) is 8. The molecule has 10 nitrogen and oxygen atoms in total. The molecular weight excluding hydrogens is 733 g/mol. The minimum atomic E-state index is -1.93. The monoisotopic (exact) mass is 800 g/mol. The van der Waals surface area contributed by atoms with E-state index in [1.165, 1.54) is 0 Å². The molecule has 2 aliphatic heterocycles. The molecule has 0 unspecified atom stereocenters. The van der Waals surface area contributed by atoms with Gasteiger partial charge in [0.05, 0.1) is 5.92 Å². The SMILES string of the molecule is CC1=C[C@H]2C=C(C)[C@@H](C)[C@H]3[C@H](CC(C)C)NC(=O)[C@@]23C(=O)[C@H]([C@@H]2CC(=O)[C@H](O)CCC(C)=C[C@H]3C=C(C)[C@@H](C)[C@H]4[C@H](CC(C)C)NC(=O)[C@@]34C2=O)C(=O)[C@H](O)CCC1. The predicted molar refractivity (Wildman–Crippen MR) is 222 cm³/mol. The van der Waals surface area contributed by atoms with Crippen molar-refractivity contribution in [3.05, 3.63) is 46.6 Å². The summed E-state index contributed by atoms with van der Waals surface area (Å²) in [6.07, 6.45) is 6.42. The Hall–Kier alpha value is -3.50. The number of ketones is 4. The van der Waals surface area contributed by atoms with Gasteiger partial charge in [0, 0.05) is 48.1 Å². The van der Waals surface area contributed by atoms with Gasteiger partial charge in [-0.05, 0) is 96.3 Å². The van der Waals surface area contributed by atoms with Crippen LogP contribution in [0.2, 0.25) is 0 Å². The Morgan fingerprint density at radius 1 is 0.655 bits per heavy atom. The molecule has 0 saturated carbocycles. The van der Waals surface area contributed by atoms with E-state index in [2.05, 4.69) is 38.3 Å². The summed E-state index contributed by atoms with van der Waals surface area (Å²) in [6, 6.07) is -0.831. The summed E-state index contributed by atoms with van der Waals surface area (Å²) in [4.78, 5) is 92.3. The third-order valence-electron chi connectivity index (χ3n) is 15.3. The number of rotatable bonds is 5. The molecule has 10 heteroatoms. The molecule has 2 heterocycles. The fourth-order valence-electron chi connectivity index (χ4n) is 12.3. The summed E-state index contributed by atoms with van der Waals surface area (Å²) in [5, 5.41) is 29.5. The van der Waals surface area contributed by atoms with Crippen molar-refractivity contribution >= 4 is 34.9 Å². The van der Waals surface area contributed by atoms with Crippen LogP contribution in [0.25, 0.3) is 0 Å². The first-order valence-electron chi connectivity index (χ1n) is 22.0. The molecule has 318 valence electrons. The Kier molecular flexibility index (Phi) is 12.5. The minimum Gasteiger partial charge on any atom is -0.385 e. The van der Waals surface area contributed by atoms with Crippen LogP contribution in [0.15, 0.2) is 46.6 Å². The van der Waals surface area contributed by atoms with Crippen LogP contribution in [0, 0.1) is 70.0 Å². The van der Waals surface area contributed by atoms with Crippen molar-refractivity contribution in [2.45, 2.75) is 145 Å². The molecule has 0 aromatic heterocycles. The van der Waals surface area contributed by atoms with Crippen LogP contribution >= 0.6 is 0 Å². The zero-order valence-electron chi connectivity index (χ0n) is 36.4. The summed E-state index contributed by atoms with van der Waals surface area (Å²) in [5.74, 6) is -10.7. The van der Waals surface area contributed by atoms with Crippen LogP contribution < -0.4 is 10.6 Å². The predicted octanol–water partition coefficient (Wildman–Crippen LogP) is 6.20. The summed E-state index contributed by atoms with van der Waals surface area (Å²) >= 11 is 0. The van der Waals surface area contributed by atoms with Gasteiger partial charge in [-0.15, -0.1) is 0 Å². The first-order valence-corrected chi connectivity index (χ1v) is 22.0. The number of aliphatic hydroxyl groups is 2. The number of aliphatic hydroxyl groups excluding tert-OH is 2. The average Bonchev–Trinajstić information content (AvgIpc) is 3.59. The second kappa shape index (κ2) is 16.5. The maximum absolute atomic E-state index is 16.3. The lowest BCUT2D eigenvalue weighted by molar-refractivity contribution is -0.162. The van der Waals surface area contributed by atoms with Crippen LogP contribution in [-0.4, -0.2) is 69.5 Å². The van der Waals surface area contributed by atoms with Crippen LogP contribution in [0.3, 0.4) is 0 Å². The molecule has 0 aromatic carbocycles. The maximum Gasteiger partial charge on any atom is 0.235 e. The zero-order valence-corrected chi connectivity index (χ0v) is 36.4. The lowest BCUT2D eigenvalue weighted by Gasteiger charge is -2.49. The smallest absolute Gasteiger partial charge is 0.235 e. The molecule has 2 saturated heterocycles. The first kappa shape index (κ1) is 44.1. The summed E-state index contributed by atoms with van der Waals surface area (Å²) in [5.41, 5.74) is 0.0939. The van der Waals surface area contributed by atoms with Gasteiger partial charge in [0.15, 0.2) is 23.1 Å².